The van der Waals surface area contributed by atoms with Crippen molar-refractivity contribution in [3.63, 3.8) is 0 Å². The first-order chi connectivity index (χ1) is 7.25. The maximum absolute atomic E-state index is 11.6. The fourth-order valence-electron chi connectivity index (χ4n) is 0.916. The summed E-state index contributed by atoms with van der Waals surface area (Å²) in [6, 6.07) is 7.09. The normalized spacial score (nSPS) is 10.2. The summed E-state index contributed by atoms with van der Waals surface area (Å²) >= 11 is 8.01. The molecule has 0 radical (unpaired) electrons. The molecular formula is C9H5ClN2OS2. The fraction of sp³-hybridized carbons (Fsp3) is 0. The van der Waals surface area contributed by atoms with Gasteiger partial charge in [-0.3, -0.25) is 4.79 Å². The zero-order valence-corrected chi connectivity index (χ0v) is 9.77. The van der Waals surface area contributed by atoms with E-state index in [4.69, 9.17) is 11.6 Å². The molecule has 2 rings (SSSR count). The number of aromatic nitrogens is 2. The van der Waals surface area contributed by atoms with Gasteiger partial charge >= 0.3 is 0 Å². The highest BCUT2D eigenvalue weighted by molar-refractivity contribution is 8.14. The second-order valence-electron chi connectivity index (χ2n) is 2.63. The van der Waals surface area contributed by atoms with Crippen molar-refractivity contribution in [3.8, 4) is 0 Å². The third-order valence-corrected chi connectivity index (χ3v) is 3.25. The van der Waals surface area contributed by atoms with Crippen LogP contribution in [0.2, 0.25) is 5.02 Å². The Morgan fingerprint density at radius 2 is 2.07 bits per heavy atom. The second kappa shape index (κ2) is 4.74. The summed E-state index contributed by atoms with van der Waals surface area (Å²) in [6.07, 6.45) is 0. The monoisotopic (exact) mass is 256 g/mol. The van der Waals surface area contributed by atoms with E-state index in [0.29, 0.717) is 10.7 Å². The van der Waals surface area contributed by atoms with E-state index in [2.05, 4.69) is 9.59 Å². The number of carbonyl (C=O) groups is 1. The molecule has 0 N–H and O–H groups in total. The van der Waals surface area contributed by atoms with Crippen LogP contribution in [0.25, 0.3) is 0 Å². The van der Waals surface area contributed by atoms with Gasteiger partial charge in [-0.2, -0.15) is 0 Å². The van der Waals surface area contributed by atoms with Crippen LogP contribution in [0.15, 0.2) is 34.5 Å². The van der Waals surface area contributed by atoms with Gasteiger partial charge in [0, 0.05) is 15.3 Å². The van der Waals surface area contributed by atoms with Gasteiger partial charge in [0.25, 0.3) is 0 Å². The van der Waals surface area contributed by atoms with Crippen molar-refractivity contribution in [2.75, 3.05) is 0 Å². The highest BCUT2D eigenvalue weighted by Gasteiger charge is 2.10. The molecule has 0 atom stereocenters. The maximum atomic E-state index is 11.6. The van der Waals surface area contributed by atoms with Crippen molar-refractivity contribution < 1.29 is 4.79 Å². The Kier molecular flexibility index (Phi) is 3.35. The van der Waals surface area contributed by atoms with Crippen molar-refractivity contribution in [2.45, 2.75) is 4.90 Å². The molecule has 0 saturated carbocycles. The largest absolute Gasteiger partial charge is 0.279 e. The van der Waals surface area contributed by atoms with E-state index >= 15 is 0 Å². The highest BCUT2D eigenvalue weighted by Crippen LogP contribution is 2.23. The average molecular weight is 257 g/mol. The lowest BCUT2D eigenvalue weighted by Gasteiger charge is -1.97. The molecule has 15 heavy (non-hydrogen) atoms. The number of halogens is 1. The molecule has 1 heterocycles. The van der Waals surface area contributed by atoms with Crippen LogP contribution in [-0.4, -0.2) is 14.7 Å². The van der Waals surface area contributed by atoms with E-state index in [1.165, 1.54) is 0 Å². The standard InChI is InChI=1S/C9H5ClN2OS2/c10-6-1-3-7(4-2-6)15-9(13)8-5-14-12-11-8/h1-5H. The van der Waals surface area contributed by atoms with Crippen LogP contribution >= 0.6 is 34.9 Å². The molecule has 0 unspecified atom stereocenters. The summed E-state index contributed by atoms with van der Waals surface area (Å²) < 4.78 is 3.64. The average Bonchev–Trinajstić information content (AvgIpc) is 2.74. The number of benzene rings is 1. The summed E-state index contributed by atoms with van der Waals surface area (Å²) in [5.41, 5.74) is 0.389. The number of hydrogen-bond donors (Lipinski definition) is 0. The lowest BCUT2D eigenvalue weighted by atomic mass is 10.4. The molecule has 0 saturated heterocycles. The Balaban J connectivity index is 2.09. The molecule has 0 fully saturated rings. The molecule has 0 amide bonds. The van der Waals surface area contributed by atoms with Crippen LogP contribution in [0.3, 0.4) is 0 Å². The van der Waals surface area contributed by atoms with Crippen molar-refractivity contribution >= 4 is 40.0 Å². The van der Waals surface area contributed by atoms with E-state index in [9.17, 15) is 4.79 Å². The second-order valence-corrected chi connectivity index (χ2v) is 4.73. The summed E-state index contributed by atoms with van der Waals surface area (Å²) in [5, 5.41) is 5.88. The van der Waals surface area contributed by atoms with Gasteiger partial charge in [-0.05, 0) is 47.6 Å². The Bertz CT molecular complexity index is 455. The van der Waals surface area contributed by atoms with Gasteiger partial charge in [-0.25, -0.2) is 0 Å². The zero-order chi connectivity index (χ0) is 10.7. The Morgan fingerprint density at radius 3 is 2.67 bits per heavy atom. The van der Waals surface area contributed by atoms with E-state index in [-0.39, 0.29) is 5.12 Å². The Labute approximate surface area is 99.6 Å². The van der Waals surface area contributed by atoms with Gasteiger partial charge in [0.2, 0.25) is 5.12 Å². The van der Waals surface area contributed by atoms with Gasteiger partial charge in [-0.1, -0.05) is 16.1 Å². The molecule has 0 aliphatic rings. The Morgan fingerprint density at radius 1 is 1.33 bits per heavy atom. The van der Waals surface area contributed by atoms with Crippen LogP contribution in [0.1, 0.15) is 10.5 Å². The number of nitrogens with zero attached hydrogens (tertiary/aromatic N) is 2. The van der Waals surface area contributed by atoms with Gasteiger partial charge in [0.05, 0.1) is 0 Å². The van der Waals surface area contributed by atoms with Crippen molar-refractivity contribution in [1.82, 2.24) is 9.59 Å². The van der Waals surface area contributed by atoms with Gasteiger partial charge in [0.15, 0.2) is 5.69 Å². The van der Waals surface area contributed by atoms with Crippen LogP contribution in [-0.2, 0) is 0 Å². The first-order valence-electron chi connectivity index (χ1n) is 4.00. The number of thioether (sulfide) groups is 1. The van der Waals surface area contributed by atoms with Gasteiger partial charge < -0.3 is 0 Å². The molecular weight excluding hydrogens is 252 g/mol. The smallest absolute Gasteiger partial charge is 0.245 e. The van der Waals surface area contributed by atoms with Crippen LogP contribution < -0.4 is 0 Å². The van der Waals surface area contributed by atoms with Gasteiger partial charge in [-0.15, -0.1) is 5.10 Å². The predicted molar refractivity (Wildman–Crippen MR) is 61.5 cm³/mol. The molecule has 1 aromatic heterocycles. The quantitative estimate of drug-likeness (QED) is 0.775. The zero-order valence-electron chi connectivity index (χ0n) is 7.38. The van der Waals surface area contributed by atoms with E-state index in [0.717, 1.165) is 28.2 Å². The summed E-state index contributed by atoms with van der Waals surface area (Å²) in [5.74, 6) is 0. The third-order valence-electron chi connectivity index (χ3n) is 1.59. The lowest BCUT2D eigenvalue weighted by molar-refractivity contribution is 0.108. The molecule has 0 spiro atoms. The SMILES string of the molecule is O=C(Sc1ccc(Cl)cc1)c1csnn1. The van der Waals surface area contributed by atoms with E-state index in [1.54, 1.807) is 29.6 Å². The maximum Gasteiger partial charge on any atom is 0.245 e. The fourth-order valence-corrected chi connectivity index (χ4v) is 2.24. The lowest BCUT2D eigenvalue weighted by Crippen LogP contribution is -1.93. The van der Waals surface area contributed by atoms with Gasteiger partial charge in [0.1, 0.15) is 0 Å². The minimum absolute atomic E-state index is 0.105. The van der Waals surface area contributed by atoms with Crippen molar-refractivity contribution in [3.05, 3.63) is 40.4 Å². The molecule has 6 heteroatoms. The third kappa shape index (κ3) is 2.77. The topological polar surface area (TPSA) is 42.9 Å². The van der Waals surface area contributed by atoms with Crippen molar-refractivity contribution in [2.24, 2.45) is 0 Å². The molecule has 1 aromatic carbocycles. The number of carbonyl (C=O) groups excluding carboxylic acids is 1. The van der Waals surface area contributed by atoms with Crippen molar-refractivity contribution in [1.29, 1.82) is 0 Å². The molecule has 3 nitrogen and oxygen atoms in total. The number of rotatable bonds is 2. The predicted octanol–water partition coefficient (Wildman–Crippen LogP) is 3.12. The molecule has 0 bridgehead atoms. The molecule has 0 aliphatic carbocycles. The first-order valence-corrected chi connectivity index (χ1v) is 6.03. The molecule has 2 aromatic rings. The summed E-state index contributed by atoms with van der Waals surface area (Å²) in [7, 11) is 0. The first kappa shape index (κ1) is 10.6. The van der Waals surface area contributed by atoms with Crippen LogP contribution in [0, 0.1) is 0 Å². The van der Waals surface area contributed by atoms with E-state index in [1.807, 2.05) is 0 Å². The van der Waals surface area contributed by atoms with Crippen LogP contribution in [0.4, 0.5) is 0 Å². The summed E-state index contributed by atoms with van der Waals surface area (Å²) in [6.45, 7) is 0. The van der Waals surface area contributed by atoms with Crippen LogP contribution in [0.5, 0.6) is 0 Å². The highest BCUT2D eigenvalue weighted by atomic mass is 35.5. The minimum Gasteiger partial charge on any atom is -0.279 e. The van der Waals surface area contributed by atoms with E-state index < -0.39 is 0 Å². The summed E-state index contributed by atoms with van der Waals surface area (Å²) in [4.78, 5) is 12.4. The minimum atomic E-state index is -0.105. The molecule has 0 aliphatic heterocycles. The Hall–Kier alpha value is -0.910. The molecule has 76 valence electrons. The number of hydrogen-bond acceptors (Lipinski definition) is 5.